The van der Waals surface area contributed by atoms with Gasteiger partial charge in [0.25, 0.3) is 5.91 Å². The molecule has 0 saturated heterocycles. The van der Waals surface area contributed by atoms with E-state index >= 15 is 0 Å². The van der Waals surface area contributed by atoms with E-state index in [0.717, 1.165) is 5.69 Å². The van der Waals surface area contributed by atoms with Crippen molar-refractivity contribution in [3.05, 3.63) is 106 Å². The van der Waals surface area contributed by atoms with Crippen LogP contribution in [0.1, 0.15) is 16.1 Å². The first-order chi connectivity index (χ1) is 15.1. The fourth-order valence-corrected chi connectivity index (χ4v) is 3.33. The van der Waals surface area contributed by atoms with Crippen molar-refractivity contribution >= 4 is 11.7 Å². The third-order valence-electron chi connectivity index (χ3n) is 4.88. The molecule has 1 heterocycles. The molecule has 0 unspecified atom stereocenters. The Kier molecular flexibility index (Phi) is 5.62. The van der Waals surface area contributed by atoms with Crippen LogP contribution < -0.4 is 15.5 Å². The summed E-state index contributed by atoms with van der Waals surface area (Å²) in [5, 5.41) is 7.40. The number of hydrogen-bond acceptors (Lipinski definition) is 4. The third kappa shape index (κ3) is 4.09. The molecule has 0 saturated carbocycles. The third-order valence-corrected chi connectivity index (χ3v) is 4.88. The van der Waals surface area contributed by atoms with Crippen LogP contribution >= 0.6 is 0 Å². The Morgan fingerprint density at radius 3 is 2.29 bits per heavy atom. The second-order valence-corrected chi connectivity index (χ2v) is 6.94. The number of anilines is 1. The van der Waals surface area contributed by atoms with Gasteiger partial charge in [0.05, 0.1) is 18.4 Å². The molecule has 1 aromatic heterocycles. The lowest BCUT2D eigenvalue weighted by Crippen LogP contribution is -2.24. The Morgan fingerprint density at radius 2 is 1.61 bits per heavy atom. The summed E-state index contributed by atoms with van der Waals surface area (Å²) >= 11 is 0. The summed E-state index contributed by atoms with van der Waals surface area (Å²) < 4.78 is 6.93. The van der Waals surface area contributed by atoms with E-state index in [9.17, 15) is 9.59 Å². The number of aryl methyl sites for hydroxylation is 1. The lowest BCUT2D eigenvalue weighted by molar-refractivity contribution is 0.102. The lowest BCUT2D eigenvalue weighted by atomic mass is 10.0. The highest BCUT2D eigenvalue weighted by Crippen LogP contribution is 2.29. The van der Waals surface area contributed by atoms with Gasteiger partial charge in [-0.25, -0.2) is 4.68 Å². The maximum Gasteiger partial charge on any atom is 0.256 e. The van der Waals surface area contributed by atoms with Gasteiger partial charge in [0, 0.05) is 5.56 Å². The zero-order valence-electron chi connectivity index (χ0n) is 17.2. The predicted molar refractivity (Wildman–Crippen MR) is 121 cm³/mol. The molecule has 0 fully saturated rings. The number of benzene rings is 3. The molecule has 6 heteroatoms. The van der Waals surface area contributed by atoms with E-state index in [2.05, 4.69) is 10.4 Å². The normalized spacial score (nSPS) is 10.5. The summed E-state index contributed by atoms with van der Waals surface area (Å²) in [7, 11) is 1.57. The molecule has 4 aromatic rings. The molecule has 3 aromatic carbocycles. The van der Waals surface area contributed by atoms with E-state index in [1.54, 1.807) is 61.2 Å². The van der Waals surface area contributed by atoms with E-state index in [0.29, 0.717) is 34.0 Å². The lowest BCUT2D eigenvalue weighted by Gasteiger charge is -2.18. The Morgan fingerprint density at radius 1 is 0.935 bits per heavy atom. The zero-order valence-corrected chi connectivity index (χ0v) is 17.2. The number of nitrogens with one attached hydrogen (secondary N) is 1. The van der Waals surface area contributed by atoms with E-state index in [-0.39, 0.29) is 11.3 Å². The quantitative estimate of drug-likeness (QED) is 0.526. The van der Waals surface area contributed by atoms with Gasteiger partial charge in [0.15, 0.2) is 0 Å². The number of hydrogen-bond donors (Lipinski definition) is 1. The first kappa shape index (κ1) is 20.1. The van der Waals surface area contributed by atoms with Gasteiger partial charge >= 0.3 is 0 Å². The number of para-hydroxylation sites is 1. The molecule has 0 bridgehead atoms. The van der Waals surface area contributed by atoms with Gasteiger partial charge < -0.3 is 10.1 Å². The van der Waals surface area contributed by atoms with Gasteiger partial charge in [0.1, 0.15) is 17.3 Å². The average Bonchev–Trinajstić information content (AvgIpc) is 2.82. The van der Waals surface area contributed by atoms with Crippen LogP contribution in [0.4, 0.5) is 5.82 Å². The zero-order chi connectivity index (χ0) is 21.8. The molecular formula is C25H21N3O3. The molecular weight excluding hydrogens is 390 g/mol. The minimum Gasteiger partial charge on any atom is -0.497 e. The summed E-state index contributed by atoms with van der Waals surface area (Å²) in [4.78, 5) is 26.2. The van der Waals surface area contributed by atoms with E-state index < -0.39 is 0 Å². The van der Waals surface area contributed by atoms with Crippen LogP contribution in [0.5, 0.6) is 5.75 Å². The average molecular weight is 411 g/mol. The van der Waals surface area contributed by atoms with Crippen molar-refractivity contribution in [1.29, 1.82) is 0 Å². The highest BCUT2D eigenvalue weighted by Gasteiger charge is 2.21. The molecule has 0 aliphatic heterocycles. The SMILES string of the molecule is COc1cccc(-c2c(NC(=O)c3ccccc3)n(-c3ccccc3)nc(C)c2=O)c1. The number of carbonyl (C=O) groups excluding carboxylic acids is 1. The van der Waals surface area contributed by atoms with Gasteiger partial charge in [-0.2, -0.15) is 5.10 Å². The second-order valence-electron chi connectivity index (χ2n) is 6.94. The molecule has 31 heavy (non-hydrogen) atoms. The summed E-state index contributed by atoms with van der Waals surface area (Å²) in [5.41, 5.74) is 2.23. The van der Waals surface area contributed by atoms with Crippen molar-refractivity contribution in [2.75, 3.05) is 12.4 Å². The van der Waals surface area contributed by atoms with Crippen LogP contribution in [0.25, 0.3) is 16.8 Å². The molecule has 0 atom stereocenters. The highest BCUT2D eigenvalue weighted by molar-refractivity contribution is 6.05. The summed E-state index contributed by atoms with van der Waals surface area (Å²) in [6.45, 7) is 1.66. The van der Waals surface area contributed by atoms with E-state index in [1.165, 1.54) is 0 Å². The molecule has 0 spiro atoms. The minimum absolute atomic E-state index is 0.260. The van der Waals surface area contributed by atoms with Crippen LogP contribution in [0.15, 0.2) is 89.7 Å². The van der Waals surface area contributed by atoms with Crippen molar-refractivity contribution in [3.8, 4) is 22.6 Å². The molecule has 6 nitrogen and oxygen atoms in total. The molecule has 4 rings (SSSR count). The van der Waals surface area contributed by atoms with Gasteiger partial charge in [-0.1, -0.05) is 48.5 Å². The predicted octanol–water partition coefficient (Wildman–Crippen LogP) is 4.47. The van der Waals surface area contributed by atoms with Crippen molar-refractivity contribution in [1.82, 2.24) is 9.78 Å². The standard InChI is InChI=1S/C25H21N3O3/c1-17-23(29)22(19-12-9-15-21(16-19)31-2)24(26-25(30)18-10-5-3-6-11-18)28(27-17)20-13-7-4-8-14-20/h3-16H,1-2H3,(H,26,30). The van der Waals surface area contributed by atoms with Crippen molar-refractivity contribution in [2.24, 2.45) is 0 Å². The maximum atomic E-state index is 13.2. The number of methoxy groups -OCH3 is 1. The Labute approximate surface area is 179 Å². The number of carbonyl (C=O) groups is 1. The molecule has 1 amide bonds. The second kappa shape index (κ2) is 8.67. The Balaban J connectivity index is 1.97. The Bertz CT molecular complexity index is 1280. The van der Waals surface area contributed by atoms with Crippen LogP contribution in [-0.4, -0.2) is 22.8 Å². The largest absolute Gasteiger partial charge is 0.497 e. The number of aromatic nitrogens is 2. The van der Waals surface area contributed by atoms with Crippen LogP contribution in [0.2, 0.25) is 0 Å². The highest BCUT2D eigenvalue weighted by atomic mass is 16.5. The maximum absolute atomic E-state index is 13.2. The first-order valence-corrected chi connectivity index (χ1v) is 9.78. The van der Waals surface area contributed by atoms with Crippen LogP contribution in [0, 0.1) is 6.92 Å². The van der Waals surface area contributed by atoms with E-state index in [1.807, 2.05) is 42.5 Å². The summed E-state index contributed by atoms with van der Waals surface area (Å²) in [6.07, 6.45) is 0. The monoisotopic (exact) mass is 411 g/mol. The van der Waals surface area contributed by atoms with Gasteiger partial charge in [-0.05, 0) is 48.9 Å². The van der Waals surface area contributed by atoms with Gasteiger partial charge in [0.2, 0.25) is 5.43 Å². The number of nitrogens with zero attached hydrogens (tertiary/aromatic N) is 2. The summed E-state index contributed by atoms with van der Waals surface area (Å²) in [6, 6.07) is 25.4. The first-order valence-electron chi connectivity index (χ1n) is 9.78. The van der Waals surface area contributed by atoms with Crippen molar-refractivity contribution in [3.63, 3.8) is 0 Å². The van der Waals surface area contributed by atoms with Crippen LogP contribution in [-0.2, 0) is 0 Å². The van der Waals surface area contributed by atoms with Crippen molar-refractivity contribution in [2.45, 2.75) is 6.92 Å². The van der Waals surface area contributed by atoms with Crippen molar-refractivity contribution < 1.29 is 9.53 Å². The topological polar surface area (TPSA) is 73.2 Å². The smallest absolute Gasteiger partial charge is 0.256 e. The molecule has 154 valence electrons. The summed E-state index contributed by atoms with van der Waals surface area (Å²) in [5.74, 6) is 0.571. The minimum atomic E-state index is -0.334. The van der Waals surface area contributed by atoms with Gasteiger partial charge in [-0.3, -0.25) is 9.59 Å². The van der Waals surface area contributed by atoms with E-state index in [4.69, 9.17) is 4.74 Å². The van der Waals surface area contributed by atoms with Crippen LogP contribution in [0.3, 0.4) is 0 Å². The fourth-order valence-electron chi connectivity index (χ4n) is 3.33. The van der Waals surface area contributed by atoms with Gasteiger partial charge in [-0.15, -0.1) is 0 Å². The molecule has 0 radical (unpaired) electrons. The molecule has 0 aliphatic rings. The molecule has 0 aliphatic carbocycles. The number of ether oxygens (including phenoxy) is 1. The number of amides is 1. The molecule has 1 N–H and O–H groups in total. The Hall–Kier alpha value is -4.19. The fraction of sp³-hybridized carbons (Fsp3) is 0.0800. The number of rotatable bonds is 5.